The summed E-state index contributed by atoms with van der Waals surface area (Å²) in [6, 6.07) is 26.4. The molecule has 38 heavy (non-hydrogen) atoms. The van der Waals surface area contributed by atoms with E-state index in [2.05, 4.69) is 29.6 Å². The van der Waals surface area contributed by atoms with Crippen molar-refractivity contribution in [2.24, 2.45) is 5.14 Å². The molecule has 0 fully saturated rings. The first-order chi connectivity index (χ1) is 18.2. The van der Waals surface area contributed by atoms with Gasteiger partial charge in [-0.25, -0.2) is 18.5 Å². The van der Waals surface area contributed by atoms with Gasteiger partial charge in [-0.05, 0) is 48.2 Å². The number of primary sulfonamides is 1. The first-order valence-electron chi connectivity index (χ1n) is 12.0. The number of rotatable bonds is 7. The number of thiophene rings is 1. The molecule has 0 spiro atoms. The highest BCUT2D eigenvalue weighted by Crippen LogP contribution is 2.41. The van der Waals surface area contributed by atoms with E-state index in [4.69, 9.17) is 15.9 Å². The molecule has 0 saturated heterocycles. The molecule has 5 aromatic rings. The van der Waals surface area contributed by atoms with Gasteiger partial charge in [-0.2, -0.15) is 0 Å². The van der Waals surface area contributed by atoms with E-state index in [1.165, 1.54) is 23.5 Å². The van der Waals surface area contributed by atoms with E-state index >= 15 is 0 Å². The van der Waals surface area contributed by atoms with Crippen LogP contribution >= 0.6 is 11.3 Å². The fourth-order valence-corrected chi connectivity index (χ4v) is 5.81. The minimum absolute atomic E-state index is 0.0510. The van der Waals surface area contributed by atoms with Crippen LogP contribution in [0.5, 0.6) is 0 Å². The molecule has 0 atom stereocenters. The number of aryl methyl sites for hydroxylation is 1. The monoisotopic (exact) mass is 542 g/mol. The summed E-state index contributed by atoms with van der Waals surface area (Å²) in [7, 11) is -3.74. The van der Waals surface area contributed by atoms with E-state index in [0.29, 0.717) is 28.4 Å². The van der Waals surface area contributed by atoms with E-state index in [1.54, 1.807) is 12.1 Å². The van der Waals surface area contributed by atoms with Gasteiger partial charge in [0.2, 0.25) is 10.0 Å². The Morgan fingerprint density at radius 3 is 2.29 bits per heavy atom. The number of carbonyl (C=O) groups is 1. The SMILES string of the molecule is Cc1ccc(-c2cc(-c3ccccc3)nc3sc(C(=O)NCCc4ccc(S(N)(=O)=O)cc4)c(N)c23)cc1. The molecule has 0 unspecified atom stereocenters. The largest absolute Gasteiger partial charge is 0.397 e. The van der Waals surface area contributed by atoms with E-state index in [9.17, 15) is 13.2 Å². The molecule has 9 heteroatoms. The quantitative estimate of drug-likeness (QED) is 0.262. The molecule has 5 rings (SSSR count). The summed E-state index contributed by atoms with van der Waals surface area (Å²) in [4.78, 5) is 19.2. The lowest BCUT2D eigenvalue weighted by Crippen LogP contribution is -2.25. The average Bonchev–Trinajstić information content (AvgIpc) is 3.25. The number of fused-ring (bicyclic) bond motifs is 1. The summed E-state index contributed by atoms with van der Waals surface area (Å²) < 4.78 is 22.9. The van der Waals surface area contributed by atoms with Crippen LogP contribution in [0, 0.1) is 6.92 Å². The van der Waals surface area contributed by atoms with Crippen LogP contribution in [-0.2, 0) is 16.4 Å². The van der Waals surface area contributed by atoms with Crippen LogP contribution in [0.3, 0.4) is 0 Å². The molecule has 0 bridgehead atoms. The lowest BCUT2D eigenvalue weighted by Gasteiger charge is -2.09. The zero-order valence-electron chi connectivity index (χ0n) is 20.6. The minimum atomic E-state index is -3.74. The Hall–Kier alpha value is -4.05. The highest BCUT2D eigenvalue weighted by molar-refractivity contribution is 7.89. The molecule has 0 radical (unpaired) electrons. The number of nitrogens with one attached hydrogen (secondary N) is 1. The fraction of sp³-hybridized carbons (Fsp3) is 0.103. The molecule has 7 nitrogen and oxygen atoms in total. The predicted octanol–water partition coefficient (Wildman–Crippen LogP) is 5.14. The molecule has 0 aliphatic heterocycles. The summed E-state index contributed by atoms with van der Waals surface area (Å²) >= 11 is 1.28. The standard InChI is InChI=1S/C29H26N4O3S2/c1-18-7-11-20(12-8-18)23-17-24(21-5-3-2-4-6-21)33-29-25(23)26(30)27(37-29)28(34)32-16-15-19-9-13-22(14-10-19)38(31,35)36/h2-14,17H,15-16,30H2,1H3,(H,32,34)(H2,31,35,36). The third-order valence-corrected chi connectivity index (χ3v) is 8.32. The molecule has 5 N–H and O–H groups in total. The van der Waals surface area contributed by atoms with Crippen LogP contribution in [0.2, 0.25) is 0 Å². The number of sulfonamides is 1. The number of hydrogen-bond acceptors (Lipinski definition) is 6. The van der Waals surface area contributed by atoms with Crippen molar-refractivity contribution < 1.29 is 13.2 Å². The van der Waals surface area contributed by atoms with Crippen molar-refractivity contribution in [1.29, 1.82) is 0 Å². The molecule has 0 aliphatic carbocycles. The second kappa shape index (κ2) is 10.4. The Balaban J connectivity index is 1.45. The molecule has 2 aromatic heterocycles. The number of carbonyl (C=O) groups excluding carboxylic acids is 1. The fourth-order valence-electron chi connectivity index (χ4n) is 4.25. The van der Waals surface area contributed by atoms with Crippen molar-refractivity contribution in [2.75, 3.05) is 12.3 Å². The van der Waals surface area contributed by atoms with Crippen molar-refractivity contribution in [3.63, 3.8) is 0 Å². The van der Waals surface area contributed by atoms with Crippen LogP contribution in [-0.4, -0.2) is 25.9 Å². The number of benzene rings is 3. The summed E-state index contributed by atoms with van der Waals surface area (Å²) in [5.41, 5.74) is 12.7. The lowest BCUT2D eigenvalue weighted by atomic mass is 9.99. The van der Waals surface area contributed by atoms with Crippen LogP contribution in [0.4, 0.5) is 5.69 Å². The Morgan fingerprint density at radius 1 is 0.947 bits per heavy atom. The number of pyridine rings is 1. The number of anilines is 1. The van der Waals surface area contributed by atoms with Gasteiger partial charge in [0.25, 0.3) is 5.91 Å². The van der Waals surface area contributed by atoms with E-state index in [-0.39, 0.29) is 10.8 Å². The molecule has 0 aliphatic rings. The molecule has 192 valence electrons. The maximum atomic E-state index is 13.2. The number of nitrogens with zero attached hydrogens (tertiary/aromatic N) is 1. The van der Waals surface area contributed by atoms with Gasteiger partial charge in [-0.1, -0.05) is 72.3 Å². The van der Waals surface area contributed by atoms with Gasteiger partial charge < -0.3 is 11.1 Å². The highest BCUT2D eigenvalue weighted by atomic mass is 32.2. The van der Waals surface area contributed by atoms with Crippen LogP contribution < -0.4 is 16.2 Å². The molecular formula is C29H26N4O3S2. The van der Waals surface area contributed by atoms with Crippen molar-refractivity contribution in [3.8, 4) is 22.4 Å². The van der Waals surface area contributed by atoms with Crippen LogP contribution in [0.15, 0.2) is 89.8 Å². The maximum Gasteiger partial charge on any atom is 0.263 e. The minimum Gasteiger partial charge on any atom is -0.397 e. The Bertz CT molecular complexity index is 1730. The number of aromatic nitrogens is 1. The van der Waals surface area contributed by atoms with Crippen LogP contribution in [0.25, 0.3) is 32.6 Å². The first-order valence-corrected chi connectivity index (χ1v) is 14.3. The number of amides is 1. The highest BCUT2D eigenvalue weighted by Gasteiger charge is 2.21. The third kappa shape index (κ3) is 5.31. The van der Waals surface area contributed by atoms with Crippen molar-refractivity contribution >= 4 is 43.2 Å². The Morgan fingerprint density at radius 2 is 1.63 bits per heavy atom. The van der Waals surface area contributed by atoms with Crippen molar-refractivity contribution in [3.05, 3.63) is 101 Å². The van der Waals surface area contributed by atoms with Gasteiger partial charge in [-0.15, -0.1) is 11.3 Å². The third-order valence-electron chi connectivity index (χ3n) is 6.29. The van der Waals surface area contributed by atoms with E-state index < -0.39 is 10.0 Å². The first kappa shape index (κ1) is 25.6. The zero-order chi connectivity index (χ0) is 26.9. The van der Waals surface area contributed by atoms with Crippen molar-refractivity contribution in [2.45, 2.75) is 18.2 Å². The van der Waals surface area contributed by atoms with E-state index in [1.807, 2.05) is 43.3 Å². The maximum absolute atomic E-state index is 13.2. The average molecular weight is 543 g/mol. The summed E-state index contributed by atoms with van der Waals surface area (Å²) in [6.07, 6.45) is 0.520. The second-order valence-electron chi connectivity index (χ2n) is 9.01. The normalized spacial score (nSPS) is 11.5. The molecule has 2 heterocycles. The van der Waals surface area contributed by atoms with Gasteiger partial charge in [-0.3, -0.25) is 4.79 Å². The summed E-state index contributed by atoms with van der Waals surface area (Å²) in [5, 5.41) is 8.85. The van der Waals surface area contributed by atoms with Gasteiger partial charge in [0.15, 0.2) is 0 Å². The molecule has 0 saturated carbocycles. The van der Waals surface area contributed by atoms with Gasteiger partial charge >= 0.3 is 0 Å². The van der Waals surface area contributed by atoms with Gasteiger partial charge in [0.05, 0.1) is 16.3 Å². The summed E-state index contributed by atoms with van der Waals surface area (Å²) in [5.74, 6) is -0.275. The van der Waals surface area contributed by atoms with Crippen LogP contribution in [0.1, 0.15) is 20.8 Å². The predicted molar refractivity (Wildman–Crippen MR) is 153 cm³/mol. The molecular weight excluding hydrogens is 516 g/mol. The smallest absolute Gasteiger partial charge is 0.263 e. The van der Waals surface area contributed by atoms with Crippen molar-refractivity contribution in [1.82, 2.24) is 10.3 Å². The number of hydrogen-bond donors (Lipinski definition) is 3. The number of nitrogen functional groups attached to an aromatic ring is 1. The van der Waals surface area contributed by atoms with Gasteiger partial charge in [0.1, 0.15) is 9.71 Å². The zero-order valence-corrected chi connectivity index (χ0v) is 22.3. The Kier molecular flexibility index (Phi) is 6.98. The number of nitrogens with two attached hydrogens (primary N) is 2. The second-order valence-corrected chi connectivity index (χ2v) is 11.6. The summed E-state index contributed by atoms with van der Waals surface area (Å²) in [6.45, 7) is 2.39. The molecule has 3 aromatic carbocycles. The molecule has 1 amide bonds. The van der Waals surface area contributed by atoms with Gasteiger partial charge in [0, 0.05) is 17.5 Å². The lowest BCUT2D eigenvalue weighted by molar-refractivity contribution is 0.0959. The topological polar surface area (TPSA) is 128 Å². The Labute approximate surface area is 225 Å². The van der Waals surface area contributed by atoms with E-state index in [0.717, 1.165) is 38.9 Å².